The van der Waals surface area contributed by atoms with Crippen LogP contribution in [-0.2, 0) is 4.74 Å². The van der Waals surface area contributed by atoms with Crippen LogP contribution in [0.15, 0.2) is 76.5 Å². The van der Waals surface area contributed by atoms with Gasteiger partial charge in [0.05, 0.1) is 10.4 Å². The Morgan fingerprint density at radius 3 is 2.41 bits per heavy atom. The Balaban J connectivity index is 1.44. The highest BCUT2D eigenvalue weighted by molar-refractivity contribution is 7.13. The maximum Gasteiger partial charge on any atom is 0.338 e. The lowest BCUT2D eigenvalue weighted by molar-refractivity contribution is 0.0280. The summed E-state index contributed by atoms with van der Waals surface area (Å²) in [6.07, 6.45) is -0.632. The number of hydrogen-bond acceptors (Lipinski definition) is 6. The topological polar surface area (TPSA) is 65.2 Å². The molecule has 27 heavy (non-hydrogen) atoms. The monoisotopic (exact) mass is 376 g/mol. The van der Waals surface area contributed by atoms with Gasteiger partial charge in [0.2, 0.25) is 0 Å². The molecule has 0 spiro atoms. The summed E-state index contributed by atoms with van der Waals surface area (Å²) in [5, 5.41) is 9.93. The number of esters is 1. The molecule has 2 heterocycles. The maximum atomic E-state index is 12.4. The van der Waals surface area contributed by atoms with E-state index in [9.17, 15) is 4.79 Å². The molecule has 0 bridgehead atoms. The highest BCUT2D eigenvalue weighted by Gasteiger charge is 2.20. The van der Waals surface area contributed by atoms with E-state index in [0.717, 1.165) is 16.0 Å². The van der Waals surface area contributed by atoms with Crippen molar-refractivity contribution in [2.24, 2.45) is 0 Å². The number of hydrogen-bond donors (Lipinski definition) is 0. The van der Waals surface area contributed by atoms with Crippen LogP contribution in [0.4, 0.5) is 0 Å². The van der Waals surface area contributed by atoms with Crippen molar-refractivity contribution in [1.29, 1.82) is 0 Å². The number of benzene rings is 2. The van der Waals surface area contributed by atoms with E-state index >= 15 is 0 Å². The fourth-order valence-corrected chi connectivity index (χ4v) is 3.25. The molecule has 5 nitrogen and oxygen atoms in total. The number of nitrogens with zero attached hydrogens (tertiary/aromatic N) is 2. The van der Waals surface area contributed by atoms with Gasteiger partial charge in [-0.3, -0.25) is 0 Å². The van der Waals surface area contributed by atoms with Crippen LogP contribution in [0.3, 0.4) is 0 Å². The molecule has 0 aliphatic rings. The van der Waals surface area contributed by atoms with Crippen molar-refractivity contribution < 1.29 is 13.9 Å². The molecule has 0 aliphatic carbocycles. The van der Waals surface area contributed by atoms with Crippen LogP contribution in [0.1, 0.15) is 29.3 Å². The van der Waals surface area contributed by atoms with Gasteiger partial charge in [0.25, 0.3) is 11.8 Å². The number of ether oxygens (including phenoxy) is 1. The molecule has 0 radical (unpaired) electrons. The Bertz CT molecular complexity index is 1030. The van der Waals surface area contributed by atoms with E-state index in [2.05, 4.69) is 10.2 Å². The Morgan fingerprint density at radius 1 is 0.963 bits per heavy atom. The first-order chi connectivity index (χ1) is 13.2. The lowest BCUT2D eigenvalue weighted by Crippen LogP contribution is -2.09. The summed E-state index contributed by atoms with van der Waals surface area (Å²) in [5.41, 5.74) is 2.61. The molecule has 2 aromatic heterocycles. The Kier molecular flexibility index (Phi) is 4.80. The van der Waals surface area contributed by atoms with Crippen molar-refractivity contribution in [3.8, 4) is 21.9 Å². The van der Waals surface area contributed by atoms with Gasteiger partial charge in [0.1, 0.15) is 0 Å². The Hall–Kier alpha value is -3.25. The number of thiophene rings is 1. The minimum Gasteiger partial charge on any atom is -0.449 e. The fraction of sp³-hybridized carbons (Fsp3) is 0.0952. The van der Waals surface area contributed by atoms with Crippen molar-refractivity contribution in [2.45, 2.75) is 13.0 Å². The number of carbonyl (C=O) groups excluding carboxylic acids is 1. The summed E-state index contributed by atoms with van der Waals surface area (Å²) in [6, 6.07) is 21.1. The number of rotatable bonds is 5. The van der Waals surface area contributed by atoms with E-state index in [1.807, 2.05) is 60.0 Å². The summed E-state index contributed by atoms with van der Waals surface area (Å²) >= 11 is 1.51. The minimum atomic E-state index is -0.632. The van der Waals surface area contributed by atoms with Gasteiger partial charge in [-0.05, 0) is 41.6 Å². The van der Waals surface area contributed by atoms with Crippen molar-refractivity contribution in [3.05, 3.63) is 83.6 Å². The molecule has 134 valence electrons. The first kappa shape index (κ1) is 17.2. The van der Waals surface area contributed by atoms with E-state index in [-0.39, 0.29) is 5.89 Å². The van der Waals surface area contributed by atoms with Crippen molar-refractivity contribution in [2.75, 3.05) is 0 Å². The molecular formula is C21H16N2O3S. The zero-order valence-electron chi connectivity index (χ0n) is 14.5. The second kappa shape index (κ2) is 7.55. The lowest BCUT2D eigenvalue weighted by atomic mass is 10.0. The highest BCUT2D eigenvalue weighted by atomic mass is 32.1. The van der Waals surface area contributed by atoms with Crippen LogP contribution >= 0.6 is 11.3 Å². The van der Waals surface area contributed by atoms with Crippen molar-refractivity contribution >= 4 is 17.3 Å². The van der Waals surface area contributed by atoms with E-state index in [1.165, 1.54) is 11.3 Å². The zero-order valence-corrected chi connectivity index (χ0v) is 15.3. The standard InChI is InChI=1S/C21H16N2O3S/c1-14(19-22-23-20(26-19)18-8-5-13-27-18)25-21(24)17-11-9-16(10-12-17)15-6-3-2-4-7-15/h2-14H,1H3/t14-/m0/s1. The van der Waals surface area contributed by atoms with Crippen LogP contribution in [0, 0.1) is 0 Å². The fourth-order valence-electron chi connectivity index (χ4n) is 2.61. The molecule has 1 atom stereocenters. The molecule has 4 aromatic rings. The van der Waals surface area contributed by atoms with Crippen LogP contribution in [0.2, 0.25) is 0 Å². The second-order valence-electron chi connectivity index (χ2n) is 5.91. The predicted octanol–water partition coefficient (Wildman–Crippen LogP) is 5.38. The van der Waals surface area contributed by atoms with E-state index in [4.69, 9.17) is 9.15 Å². The first-order valence-corrected chi connectivity index (χ1v) is 9.32. The normalized spacial score (nSPS) is 11.9. The average Bonchev–Trinajstić information content (AvgIpc) is 3.40. The van der Waals surface area contributed by atoms with Crippen LogP contribution in [-0.4, -0.2) is 16.2 Å². The minimum absolute atomic E-state index is 0.271. The van der Waals surface area contributed by atoms with Gasteiger partial charge in [0, 0.05) is 0 Å². The number of aromatic nitrogens is 2. The lowest BCUT2D eigenvalue weighted by Gasteiger charge is -2.10. The predicted molar refractivity (Wildman–Crippen MR) is 103 cm³/mol. The molecule has 4 rings (SSSR count). The first-order valence-electron chi connectivity index (χ1n) is 8.44. The van der Waals surface area contributed by atoms with E-state index < -0.39 is 12.1 Å². The van der Waals surface area contributed by atoms with E-state index in [1.54, 1.807) is 19.1 Å². The van der Waals surface area contributed by atoms with Gasteiger partial charge >= 0.3 is 5.97 Å². The van der Waals surface area contributed by atoms with Crippen LogP contribution < -0.4 is 0 Å². The van der Waals surface area contributed by atoms with Gasteiger partial charge in [-0.2, -0.15) is 0 Å². The Morgan fingerprint density at radius 2 is 1.70 bits per heavy atom. The summed E-state index contributed by atoms with van der Waals surface area (Å²) in [4.78, 5) is 13.3. The highest BCUT2D eigenvalue weighted by Crippen LogP contribution is 2.26. The molecule has 2 aromatic carbocycles. The second-order valence-corrected chi connectivity index (χ2v) is 6.86. The van der Waals surface area contributed by atoms with Crippen molar-refractivity contribution in [3.63, 3.8) is 0 Å². The zero-order chi connectivity index (χ0) is 18.6. The van der Waals surface area contributed by atoms with Crippen LogP contribution in [0.5, 0.6) is 0 Å². The smallest absolute Gasteiger partial charge is 0.338 e. The third-order valence-electron chi connectivity index (χ3n) is 4.03. The molecule has 0 unspecified atom stereocenters. The summed E-state index contributed by atoms with van der Waals surface area (Å²) < 4.78 is 11.1. The SMILES string of the molecule is C[C@H](OC(=O)c1ccc(-c2ccccc2)cc1)c1nnc(-c2cccs2)o1. The molecule has 0 N–H and O–H groups in total. The molecular weight excluding hydrogens is 360 g/mol. The van der Waals surface area contributed by atoms with Gasteiger partial charge < -0.3 is 9.15 Å². The molecule has 0 saturated carbocycles. The molecule has 0 aliphatic heterocycles. The van der Waals surface area contributed by atoms with Gasteiger partial charge in [-0.25, -0.2) is 4.79 Å². The van der Waals surface area contributed by atoms with Crippen molar-refractivity contribution in [1.82, 2.24) is 10.2 Å². The molecule has 0 saturated heterocycles. The van der Waals surface area contributed by atoms with E-state index in [0.29, 0.717) is 11.5 Å². The summed E-state index contributed by atoms with van der Waals surface area (Å²) in [7, 11) is 0. The summed E-state index contributed by atoms with van der Waals surface area (Å²) in [6.45, 7) is 1.71. The third kappa shape index (κ3) is 3.80. The largest absolute Gasteiger partial charge is 0.449 e. The molecule has 0 amide bonds. The quantitative estimate of drug-likeness (QED) is 0.437. The van der Waals surface area contributed by atoms with Gasteiger partial charge in [-0.1, -0.05) is 48.5 Å². The van der Waals surface area contributed by atoms with Gasteiger partial charge in [-0.15, -0.1) is 21.5 Å². The van der Waals surface area contributed by atoms with Gasteiger partial charge in [0.15, 0.2) is 6.10 Å². The number of carbonyl (C=O) groups is 1. The average molecular weight is 376 g/mol. The molecule has 0 fully saturated rings. The van der Waals surface area contributed by atoms with Crippen LogP contribution in [0.25, 0.3) is 21.9 Å². The summed E-state index contributed by atoms with van der Waals surface area (Å²) in [5.74, 6) is 0.265. The maximum absolute atomic E-state index is 12.4. The Labute approximate surface area is 160 Å². The molecule has 6 heteroatoms. The third-order valence-corrected chi connectivity index (χ3v) is 4.89.